The van der Waals surface area contributed by atoms with Gasteiger partial charge in [-0.2, -0.15) is 0 Å². The zero-order valence-corrected chi connectivity index (χ0v) is 14.0. The van der Waals surface area contributed by atoms with Crippen molar-refractivity contribution in [3.63, 3.8) is 0 Å². The summed E-state index contributed by atoms with van der Waals surface area (Å²) < 4.78 is 16.6. The van der Waals surface area contributed by atoms with Gasteiger partial charge in [0.2, 0.25) is 0 Å². The Labute approximate surface area is 142 Å². The standard InChI is InChI=1S/C19H24N2O3/c1-22-18-4-2-16(3-5-18)20-17-10-19(24-13-17)7-8-21(14-19)11-15-6-9-23-12-15/h2-6,9,12,17,20H,7-8,10-11,13-14H2,1H3/t17-,19-/m0/s1. The minimum absolute atomic E-state index is 0.00781. The van der Waals surface area contributed by atoms with Crippen LogP contribution < -0.4 is 10.1 Å². The summed E-state index contributed by atoms with van der Waals surface area (Å²) >= 11 is 0. The molecule has 0 saturated carbocycles. The van der Waals surface area contributed by atoms with Gasteiger partial charge in [-0.1, -0.05) is 0 Å². The summed E-state index contributed by atoms with van der Waals surface area (Å²) in [5, 5.41) is 3.59. The van der Waals surface area contributed by atoms with Crippen molar-refractivity contribution in [2.75, 3.05) is 32.1 Å². The largest absolute Gasteiger partial charge is 0.497 e. The van der Waals surface area contributed by atoms with Gasteiger partial charge in [0.25, 0.3) is 0 Å². The second kappa shape index (κ2) is 6.49. The highest BCUT2D eigenvalue weighted by Crippen LogP contribution is 2.36. The van der Waals surface area contributed by atoms with E-state index in [4.69, 9.17) is 13.9 Å². The summed E-state index contributed by atoms with van der Waals surface area (Å²) in [6.07, 6.45) is 5.73. The second-order valence-corrected chi connectivity index (χ2v) is 6.86. The molecule has 0 aliphatic carbocycles. The van der Waals surface area contributed by atoms with E-state index in [9.17, 15) is 0 Å². The van der Waals surface area contributed by atoms with Crippen LogP contribution in [0.4, 0.5) is 5.69 Å². The number of furan rings is 1. The third-order valence-electron chi connectivity index (χ3n) is 5.05. The topological polar surface area (TPSA) is 46.9 Å². The van der Waals surface area contributed by atoms with Crippen molar-refractivity contribution in [2.24, 2.45) is 0 Å². The van der Waals surface area contributed by atoms with Crippen molar-refractivity contribution in [1.29, 1.82) is 0 Å². The van der Waals surface area contributed by atoms with Crippen molar-refractivity contribution in [1.82, 2.24) is 4.90 Å². The number of anilines is 1. The predicted molar refractivity (Wildman–Crippen MR) is 92.3 cm³/mol. The zero-order chi connectivity index (χ0) is 16.4. The lowest BCUT2D eigenvalue weighted by Gasteiger charge is -2.23. The molecule has 0 bridgehead atoms. The Balaban J connectivity index is 1.32. The Bertz CT molecular complexity index is 656. The van der Waals surface area contributed by atoms with Gasteiger partial charge in [0, 0.05) is 37.3 Å². The maximum atomic E-state index is 6.23. The fourth-order valence-corrected chi connectivity index (χ4v) is 3.85. The normalized spacial score (nSPS) is 27.0. The first-order chi connectivity index (χ1) is 11.7. The van der Waals surface area contributed by atoms with Crippen LogP contribution in [0.15, 0.2) is 47.3 Å². The summed E-state index contributed by atoms with van der Waals surface area (Å²) in [5.74, 6) is 0.880. The summed E-state index contributed by atoms with van der Waals surface area (Å²) in [6.45, 7) is 3.79. The van der Waals surface area contributed by atoms with Gasteiger partial charge >= 0.3 is 0 Å². The van der Waals surface area contributed by atoms with E-state index in [1.807, 2.05) is 24.5 Å². The summed E-state index contributed by atoms with van der Waals surface area (Å²) in [4.78, 5) is 2.46. The molecule has 5 nitrogen and oxygen atoms in total. The Hall–Kier alpha value is -1.98. The number of methoxy groups -OCH3 is 1. The molecule has 2 aliphatic heterocycles. The number of nitrogens with one attached hydrogen (secondary N) is 1. The summed E-state index contributed by atoms with van der Waals surface area (Å²) in [7, 11) is 1.69. The van der Waals surface area contributed by atoms with Crippen LogP contribution in [0.5, 0.6) is 5.75 Å². The van der Waals surface area contributed by atoms with Crippen molar-refractivity contribution < 1.29 is 13.9 Å². The molecule has 0 unspecified atom stereocenters. The first-order valence-corrected chi connectivity index (χ1v) is 8.53. The van der Waals surface area contributed by atoms with Gasteiger partial charge in [-0.3, -0.25) is 4.90 Å². The lowest BCUT2D eigenvalue weighted by atomic mass is 9.97. The number of benzene rings is 1. The van der Waals surface area contributed by atoms with E-state index < -0.39 is 0 Å². The molecule has 24 heavy (non-hydrogen) atoms. The quantitative estimate of drug-likeness (QED) is 0.914. The lowest BCUT2D eigenvalue weighted by molar-refractivity contribution is 0.0120. The molecular formula is C19H24N2O3. The number of rotatable bonds is 5. The third kappa shape index (κ3) is 3.28. The Morgan fingerprint density at radius 2 is 2.17 bits per heavy atom. The average Bonchev–Trinajstić information content (AvgIpc) is 3.33. The molecular weight excluding hydrogens is 304 g/mol. The van der Waals surface area contributed by atoms with Crippen LogP contribution >= 0.6 is 0 Å². The number of nitrogens with zero attached hydrogens (tertiary/aromatic N) is 1. The molecule has 2 fully saturated rings. The molecule has 1 aromatic heterocycles. The van der Waals surface area contributed by atoms with E-state index >= 15 is 0 Å². The molecule has 4 rings (SSSR count). The van der Waals surface area contributed by atoms with E-state index in [-0.39, 0.29) is 5.60 Å². The van der Waals surface area contributed by atoms with Gasteiger partial charge in [-0.05, 0) is 36.8 Å². The van der Waals surface area contributed by atoms with Crippen LogP contribution in [0.25, 0.3) is 0 Å². The van der Waals surface area contributed by atoms with Crippen molar-refractivity contribution in [3.05, 3.63) is 48.4 Å². The first kappa shape index (κ1) is 15.5. The molecule has 5 heteroatoms. The van der Waals surface area contributed by atoms with Crippen LogP contribution in [0, 0.1) is 0 Å². The number of hydrogen-bond acceptors (Lipinski definition) is 5. The van der Waals surface area contributed by atoms with E-state index in [1.165, 1.54) is 5.56 Å². The molecule has 1 spiro atoms. The summed E-state index contributed by atoms with van der Waals surface area (Å²) in [6, 6.07) is 10.5. The summed E-state index contributed by atoms with van der Waals surface area (Å²) in [5.41, 5.74) is 2.36. The highest BCUT2D eigenvalue weighted by atomic mass is 16.5. The molecule has 0 radical (unpaired) electrons. The molecule has 1 N–H and O–H groups in total. The second-order valence-electron chi connectivity index (χ2n) is 6.86. The number of hydrogen-bond donors (Lipinski definition) is 1. The van der Waals surface area contributed by atoms with Crippen LogP contribution in [-0.2, 0) is 11.3 Å². The van der Waals surface area contributed by atoms with Crippen LogP contribution in [0.1, 0.15) is 18.4 Å². The molecule has 128 valence electrons. The first-order valence-electron chi connectivity index (χ1n) is 8.53. The Kier molecular flexibility index (Phi) is 4.21. The monoisotopic (exact) mass is 328 g/mol. The molecule has 2 aromatic rings. The Morgan fingerprint density at radius 1 is 1.29 bits per heavy atom. The van der Waals surface area contributed by atoms with Crippen LogP contribution in [0.2, 0.25) is 0 Å². The van der Waals surface area contributed by atoms with Crippen LogP contribution in [0.3, 0.4) is 0 Å². The van der Waals surface area contributed by atoms with Crippen molar-refractivity contribution in [2.45, 2.75) is 31.0 Å². The molecule has 1 aromatic carbocycles. The fraction of sp³-hybridized carbons (Fsp3) is 0.474. The van der Waals surface area contributed by atoms with Gasteiger partial charge in [0.05, 0.1) is 37.9 Å². The highest BCUT2D eigenvalue weighted by molar-refractivity contribution is 5.47. The predicted octanol–water partition coefficient (Wildman–Crippen LogP) is 3.13. The van der Waals surface area contributed by atoms with E-state index in [0.717, 1.165) is 50.5 Å². The third-order valence-corrected chi connectivity index (χ3v) is 5.05. The number of likely N-dealkylation sites (tertiary alicyclic amines) is 1. The average molecular weight is 328 g/mol. The van der Waals surface area contributed by atoms with Gasteiger partial charge < -0.3 is 19.2 Å². The Morgan fingerprint density at radius 3 is 2.92 bits per heavy atom. The van der Waals surface area contributed by atoms with Gasteiger partial charge in [0.15, 0.2) is 0 Å². The molecule has 3 heterocycles. The van der Waals surface area contributed by atoms with Crippen molar-refractivity contribution >= 4 is 5.69 Å². The molecule has 0 amide bonds. The van der Waals surface area contributed by atoms with Gasteiger partial charge in [-0.25, -0.2) is 0 Å². The van der Waals surface area contributed by atoms with Crippen LogP contribution in [-0.4, -0.2) is 43.3 Å². The minimum atomic E-state index is 0.00781. The minimum Gasteiger partial charge on any atom is -0.497 e. The maximum Gasteiger partial charge on any atom is 0.119 e. The number of ether oxygens (including phenoxy) is 2. The van der Waals surface area contributed by atoms with E-state index in [1.54, 1.807) is 13.4 Å². The lowest BCUT2D eigenvalue weighted by Crippen LogP contribution is -2.33. The van der Waals surface area contributed by atoms with E-state index in [0.29, 0.717) is 6.04 Å². The van der Waals surface area contributed by atoms with Gasteiger partial charge in [0.1, 0.15) is 5.75 Å². The maximum absolute atomic E-state index is 6.23. The fourth-order valence-electron chi connectivity index (χ4n) is 3.85. The van der Waals surface area contributed by atoms with Gasteiger partial charge in [-0.15, -0.1) is 0 Å². The smallest absolute Gasteiger partial charge is 0.119 e. The zero-order valence-electron chi connectivity index (χ0n) is 14.0. The SMILES string of the molecule is COc1ccc(N[C@@H]2CO[C@@]3(CCN(Cc4ccoc4)C3)C2)cc1. The molecule has 2 aliphatic rings. The van der Waals surface area contributed by atoms with E-state index in [2.05, 4.69) is 22.3 Å². The highest BCUT2D eigenvalue weighted by Gasteiger charge is 2.45. The van der Waals surface area contributed by atoms with Crippen molar-refractivity contribution in [3.8, 4) is 5.75 Å². The molecule has 2 saturated heterocycles. The molecule has 2 atom stereocenters.